The maximum absolute atomic E-state index is 11.2. The fraction of sp³-hybridized carbons (Fsp3) is 0.500. The van der Waals surface area contributed by atoms with Crippen LogP contribution < -0.4 is 5.32 Å². The number of aromatic nitrogens is 1. The lowest BCUT2D eigenvalue weighted by Crippen LogP contribution is -2.27. The summed E-state index contributed by atoms with van der Waals surface area (Å²) in [6.45, 7) is 1.60. The van der Waals surface area contributed by atoms with E-state index in [4.69, 9.17) is 4.74 Å². The molecule has 0 fully saturated rings. The Morgan fingerprint density at radius 1 is 1.64 bits per heavy atom. The van der Waals surface area contributed by atoms with E-state index in [9.17, 15) is 4.79 Å². The first-order valence-corrected chi connectivity index (χ1v) is 5.29. The van der Waals surface area contributed by atoms with E-state index in [1.807, 2.05) is 0 Å². The number of nitrogens with one attached hydrogen (secondary N) is 1. The number of hydrogen-bond acceptors (Lipinski definition) is 4. The average molecular weight is 263 g/mol. The predicted octanol–water partition coefficient (Wildman–Crippen LogP) is 0.816. The second-order valence-electron chi connectivity index (χ2n) is 2.44. The zero-order chi connectivity index (χ0) is 10.2. The summed E-state index contributed by atoms with van der Waals surface area (Å²) < 4.78 is 9.68. The Bertz CT molecular complexity index is 264. The normalized spacial score (nSPS) is 10.1. The van der Waals surface area contributed by atoms with Crippen molar-refractivity contribution in [3.05, 3.63) is 18.0 Å². The Hall–Kier alpha value is -0.880. The number of nitrogens with zero attached hydrogens (tertiary/aromatic N) is 1. The Kier molecular flexibility index (Phi) is 5.24. The molecule has 0 spiro atoms. The van der Waals surface area contributed by atoms with Crippen molar-refractivity contribution in [2.45, 2.75) is 0 Å². The minimum Gasteiger partial charge on any atom is -0.379 e. The molecule has 0 saturated heterocycles. The number of alkyl halides is 1. The summed E-state index contributed by atoms with van der Waals surface area (Å²) in [5.74, 6) is -0.249. The molecule has 0 saturated carbocycles. The van der Waals surface area contributed by atoms with E-state index in [-0.39, 0.29) is 11.6 Å². The van der Waals surface area contributed by atoms with Crippen LogP contribution in [0.25, 0.3) is 0 Å². The van der Waals surface area contributed by atoms with Gasteiger partial charge in [0.15, 0.2) is 5.69 Å². The van der Waals surface area contributed by atoms with Gasteiger partial charge < -0.3 is 14.6 Å². The highest BCUT2D eigenvalue weighted by Crippen LogP contribution is 1.92. The molecule has 1 heterocycles. The standard InChI is InChI=1S/C8H11BrN2O3/c9-2-5-13-6-3-10-8(12)7-1-4-14-11-7/h1,4H,2-3,5-6H2,(H,10,12). The molecule has 1 amide bonds. The summed E-state index contributed by atoms with van der Waals surface area (Å²) in [6.07, 6.45) is 1.36. The van der Waals surface area contributed by atoms with E-state index in [1.54, 1.807) is 0 Å². The Morgan fingerprint density at radius 3 is 3.14 bits per heavy atom. The zero-order valence-corrected chi connectivity index (χ0v) is 9.12. The van der Waals surface area contributed by atoms with Crippen LogP contribution in [0.4, 0.5) is 0 Å². The van der Waals surface area contributed by atoms with Gasteiger partial charge in [0, 0.05) is 17.9 Å². The molecule has 5 nitrogen and oxygen atoms in total. The molecule has 1 aromatic rings. The highest BCUT2D eigenvalue weighted by atomic mass is 79.9. The first-order chi connectivity index (χ1) is 6.84. The molecular formula is C8H11BrN2O3. The predicted molar refractivity (Wildman–Crippen MR) is 53.4 cm³/mol. The molecule has 0 aromatic carbocycles. The number of carbonyl (C=O) groups excluding carboxylic acids is 1. The monoisotopic (exact) mass is 262 g/mol. The molecule has 0 aliphatic carbocycles. The second-order valence-corrected chi connectivity index (χ2v) is 3.23. The molecule has 0 aliphatic heterocycles. The van der Waals surface area contributed by atoms with E-state index < -0.39 is 0 Å². The molecule has 0 bridgehead atoms. The molecule has 6 heteroatoms. The van der Waals surface area contributed by atoms with Crippen molar-refractivity contribution in [2.75, 3.05) is 25.1 Å². The molecule has 0 atom stereocenters. The zero-order valence-electron chi connectivity index (χ0n) is 7.53. The fourth-order valence-corrected chi connectivity index (χ4v) is 1.04. The maximum atomic E-state index is 11.2. The molecule has 0 radical (unpaired) electrons. The van der Waals surface area contributed by atoms with Gasteiger partial charge in [-0.3, -0.25) is 4.79 Å². The summed E-state index contributed by atoms with van der Waals surface area (Å²) in [5.41, 5.74) is 0.283. The Balaban J connectivity index is 2.10. The topological polar surface area (TPSA) is 64.4 Å². The molecule has 1 N–H and O–H groups in total. The number of halogens is 1. The summed E-state index contributed by atoms with van der Waals surface area (Å²) in [7, 11) is 0. The molecule has 78 valence electrons. The van der Waals surface area contributed by atoms with E-state index in [0.717, 1.165) is 5.33 Å². The van der Waals surface area contributed by atoms with Crippen molar-refractivity contribution in [3.8, 4) is 0 Å². The van der Waals surface area contributed by atoms with Crippen molar-refractivity contribution < 1.29 is 14.1 Å². The van der Waals surface area contributed by atoms with Crippen LogP contribution in [0, 0.1) is 0 Å². The Morgan fingerprint density at radius 2 is 2.50 bits per heavy atom. The average Bonchev–Trinajstić information content (AvgIpc) is 2.70. The minimum atomic E-state index is -0.249. The van der Waals surface area contributed by atoms with Gasteiger partial charge in [0.25, 0.3) is 5.91 Å². The maximum Gasteiger partial charge on any atom is 0.273 e. The lowest BCUT2D eigenvalue weighted by molar-refractivity contribution is 0.0915. The van der Waals surface area contributed by atoms with Gasteiger partial charge in [0.2, 0.25) is 0 Å². The second kappa shape index (κ2) is 6.56. The fourth-order valence-electron chi connectivity index (χ4n) is 0.814. The third-order valence-corrected chi connectivity index (χ3v) is 1.75. The van der Waals surface area contributed by atoms with Gasteiger partial charge >= 0.3 is 0 Å². The van der Waals surface area contributed by atoms with Crippen molar-refractivity contribution in [1.82, 2.24) is 10.5 Å². The lowest BCUT2D eigenvalue weighted by Gasteiger charge is -2.02. The Labute approximate surface area is 89.9 Å². The smallest absolute Gasteiger partial charge is 0.273 e. The molecule has 0 aliphatic rings. The van der Waals surface area contributed by atoms with Crippen molar-refractivity contribution in [3.63, 3.8) is 0 Å². The van der Waals surface area contributed by atoms with Crippen LogP contribution in [-0.2, 0) is 4.74 Å². The minimum absolute atomic E-state index is 0.249. The van der Waals surface area contributed by atoms with Crippen LogP contribution in [0.15, 0.2) is 16.9 Å². The van der Waals surface area contributed by atoms with Gasteiger partial charge in [-0.2, -0.15) is 0 Å². The van der Waals surface area contributed by atoms with Crippen LogP contribution in [0.2, 0.25) is 0 Å². The van der Waals surface area contributed by atoms with Gasteiger partial charge in [-0.25, -0.2) is 0 Å². The van der Waals surface area contributed by atoms with Crippen LogP contribution in [0.3, 0.4) is 0 Å². The lowest BCUT2D eigenvalue weighted by atomic mass is 10.4. The van der Waals surface area contributed by atoms with Crippen LogP contribution in [0.1, 0.15) is 10.5 Å². The van der Waals surface area contributed by atoms with Gasteiger partial charge in [-0.15, -0.1) is 0 Å². The van der Waals surface area contributed by atoms with Crippen molar-refractivity contribution >= 4 is 21.8 Å². The van der Waals surface area contributed by atoms with E-state index in [1.165, 1.54) is 12.3 Å². The number of rotatable bonds is 6. The number of carbonyl (C=O) groups is 1. The third-order valence-electron chi connectivity index (χ3n) is 1.42. The van der Waals surface area contributed by atoms with Crippen LogP contribution in [0.5, 0.6) is 0 Å². The third kappa shape index (κ3) is 3.89. The summed E-state index contributed by atoms with van der Waals surface area (Å²) in [4.78, 5) is 11.2. The number of ether oxygens (including phenoxy) is 1. The SMILES string of the molecule is O=C(NCCOCCBr)c1ccon1. The van der Waals surface area contributed by atoms with Gasteiger partial charge in [0.05, 0.1) is 13.2 Å². The first kappa shape index (κ1) is 11.2. The summed E-state index contributed by atoms with van der Waals surface area (Å²) in [6, 6.07) is 1.51. The van der Waals surface area contributed by atoms with Crippen LogP contribution >= 0.6 is 15.9 Å². The number of amides is 1. The van der Waals surface area contributed by atoms with Gasteiger partial charge in [-0.05, 0) is 0 Å². The highest BCUT2D eigenvalue weighted by molar-refractivity contribution is 9.09. The highest BCUT2D eigenvalue weighted by Gasteiger charge is 2.06. The number of hydrogen-bond donors (Lipinski definition) is 1. The van der Waals surface area contributed by atoms with Gasteiger partial charge in [-0.1, -0.05) is 21.1 Å². The van der Waals surface area contributed by atoms with Crippen molar-refractivity contribution in [2.24, 2.45) is 0 Å². The molecule has 1 rings (SSSR count). The largest absolute Gasteiger partial charge is 0.379 e. The first-order valence-electron chi connectivity index (χ1n) is 4.17. The van der Waals surface area contributed by atoms with E-state index >= 15 is 0 Å². The molecular weight excluding hydrogens is 252 g/mol. The van der Waals surface area contributed by atoms with Gasteiger partial charge in [0.1, 0.15) is 6.26 Å². The molecule has 0 unspecified atom stereocenters. The van der Waals surface area contributed by atoms with Crippen LogP contribution in [-0.4, -0.2) is 36.2 Å². The molecule has 14 heavy (non-hydrogen) atoms. The quantitative estimate of drug-likeness (QED) is 0.609. The molecule has 1 aromatic heterocycles. The van der Waals surface area contributed by atoms with E-state index in [2.05, 4.69) is 30.9 Å². The summed E-state index contributed by atoms with van der Waals surface area (Å²) >= 11 is 3.23. The van der Waals surface area contributed by atoms with Crippen molar-refractivity contribution in [1.29, 1.82) is 0 Å². The summed E-state index contributed by atoms with van der Waals surface area (Å²) in [5, 5.41) is 6.93. The van der Waals surface area contributed by atoms with E-state index in [0.29, 0.717) is 19.8 Å².